The molecule has 2 N–H and O–H groups in total. The first-order chi connectivity index (χ1) is 14.9. The molecule has 176 valence electrons. The maximum absolute atomic E-state index is 13.7. The molecule has 1 aliphatic rings. The summed E-state index contributed by atoms with van der Waals surface area (Å²) in [6.45, 7) is 8.81. The molecule has 9 heteroatoms. The second kappa shape index (κ2) is 12.8. The average Bonchev–Trinajstić information content (AvgIpc) is 2.75. The number of rotatable bonds is 7. The van der Waals surface area contributed by atoms with Gasteiger partial charge in [0, 0.05) is 32.9 Å². The first-order valence-electron chi connectivity index (χ1n) is 10.7. The zero-order valence-corrected chi connectivity index (χ0v) is 21.4. The van der Waals surface area contributed by atoms with Crippen LogP contribution in [0.15, 0.2) is 47.6 Å². The lowest BCUT2D eigenvalue weighted by Gasteiger charge is -2.36. The van der Waals surface area contributed by atoms with Gasteiger partial charge in [0.25, 0.3) is 0 Å². The summed E-state index contributed by atoms with van der Waals surface area (Å²) in [6, 6.07) is 10.5. The minimum absolute atomic E-state index is 0. The predicted octanol–water partition coefficient (Wildman–Crippen LogP) is 3.58. The van der Waals surface area contributed by atoms with Crippen LogP contribution in [0.4, 0.5) is 10.2 Å². The Morgan fingerprint density at radius 1 is 1.22 bits per heavy atom. The van der Waals surface area contributed by atoms with Crippen LogP contribution in [0.2, 0.25) is 0 Å². The summed E-state index contributed by atoms with van der Waals surface area (Å²) < 4.78 is 25.1. The van der Waals surface area contributed by atoms with Crippen molar-refractivity contribution in [3.63, 3.8) is 0 Å². The van der Waals surface area contributed by atoms with Crippen LogP contribution >= 0.6 is 24.0 Å². The Morgan fingerprint density at radius 2 is 1.94 bits per heavy atom. The maximum atomic E-state index is 13.7. The van der Waals surface area contributed by atoms with E-state index in [2.05, 4.69) is 45.4 Å². The van der Waals surface area contributed by atoms with E-state index in [0.717, 1.165) is 24.5 Å². The van der Waals surface area contributed by atoms with E-state index in [-0.39, 0.29) is 53.9 Å². The Labute approximate surface area is 206 Å². The van der Waals surface area contributed by atoms with Gasteiger partial charge in [-0.05, 0) is 44.5 Å². The Hall–Kier alpha value is -2.14. The molecule has 1 fully saturated rings. The Balaban J connectivity index is 0.00000363. The van der Waals surface area contributed by atoms with Crippen LogP contribution in [0.3, 0.4) is 0 Å². The van der Waals surface area contributed by atoms with Crippen LogP contribution < -0.4 is 20.3 Å². The van der Waals surface area contributed by atoms with Crippen LogP contribution in [0.5, 0.6) is 5.75 Å². The third kappa shape index (κ3) is 7.77. The van der Waals surface area contributed by atoms with Gasteiger partial charge in [0.15, 0.2) is 17.5 Å². The van der Waals surface area contributed by atoms with Gasteiger partial charge in [-0.1, -0.05) is 18.2 Å². The Kier molecular flexibility index (Phi) is 10.4. The summed E-state index contributed by atoms with van der Waals surface area (Å²) in [6.07, 6.45) is 2.05. The number of morpholine rings is 1. The molecule has 1 saturated heterocycles. The second-order valence-corrected chi connectivity index (χ2v) is 7.85. The number of aliphatic imine (C=N–C) groups is 1. The van der Waals surface area contributed by atoms with Gasteiger partial charge in [-0.15, -0.1) is 24.0 Å². The SMILES string of the molecule is CN=C(NCc1ccc(N2CC(C)OC(C)C2)nc1)NCC(C)Oc1ccccc1F.I. The van der Waals surface area contributed by atoms with Gasteiger partial charge in [0.1, 0.15) is 11.9 Å². The molecule has 3 rings (SSSR count). The lowest BCUT2D eigenvalue weighted by atomic mass is 10.2. The third-order valence-corrected chi connectivity index (χ3v) is 4.96. The summed E-state index contributed by atoms with van der Waals surface area (Å²) in [4.78, 5) is 11.1. The molecule has 2 aromatic rings. The van der Waals surface area contributed by atoms with Gasteiger partial charge in [-0.2, -0.15) is 0 Å². The van der Waals surface area contributed by atoms with Gasteiger partial charge < -0.3 is 25.0 Å². The maximum Gasteiger partial charge on any atom is 0.191 e. The van der Waals surface area contributed by atoms with E-state index in [0.29, 0.717) is 19.0 Å². The molecule has 7 nitrogen and oxygen atoms in total. The van der Waals surface area contributed by atoms with Gasteiger partial charge in [-0.3, -0.25) is 4.99 Å². The normalized spacial score (nSPS) is 19.7. The third-order valence-electron chi connectivity index (χ3n) is 4.96. The molecule has 0 spiro atoms. The van der Waals surface area contributed by atoms with E-state index in [1.807, 2.05) is 19.2 Å². The van der Waals surface area contributed by atoms with E-state index in [4.69, 9.17) is 9.47 Å². The first kappa shape index (κ1) is 26.1. The molecule has 1 aromatic carbocycles. The second-order valence-electron chi connectivity index (χ2n) is 7.85. The van der Waals surface area contributed by atoms with Crippen LogP contribution in [-0.4, -0.2) is 55.9 Å². The summed E-state index contributed by atoms with van der Waals surface area (Å²) in [5.74, 6) is 1.49. The summed E-state index contributed by atoms with van der Waals surface area (Å²) >= 11 is 0. The highest BCUT2D eigenvalue weighted by atomic mass is 127. The fraction of sp³-hybridized carbons (Fsp3) is 0.478. The van der Waals surface area contributed by atoms with Crippen molar-refractivity contribution in [3.8, 4) is 5.75 Å². The number of aromatic nitrogens is 1. The van der Waals surface area contributed by atoms with E-state index in [1.165, 1.54) is 6.07 Å². The highest BCUT2D eigenvalue weighted by Crippen LogP contribution is 2.18. The largest absolute Gasteiger partial charge is 0.486 e. The van der Waals surface area contributed by atoms with Crippen molar-refractivity contribution in [2.75, 3.05) is 31.6 Å². The molecule has 2 heterocycles. The highest BCUT2D eigenvalue weighted by molar-refractivity contribution is 14.0. The number of pyridine rings is 1. The Morgan fingerprint density at radius 3 is 2.56 bits per heavy atom. The van der Waals surface area contributed by atoms with Crippen molar-refractivity contribution < 1.29 is 13.9 Å². The number of nitrogens with zero attached hydrogens (tertiary/aromatic N) is 3. The molecule has 0 radical (unpaired) electrons. The molecular weight excluding hydrogens is 524 g/mol. The molecule has 3 unspecified atom stereocenters. The van der Waals surface area contributed by atoms with E-state index >= 15 is 0 Å². The van der Waals surface area contributed by atoms with Gasteiger partial charge in [-0.25, -0.2) is 9.37 Å². The van der Waals surface area contributed by atoms with E-state index in [1.54, 1.807) is 25.2 Å². The fourth-order valence-corrected chi connectivity index (χ4v) is 3.52. The number of guanidine groups is 1. The standard InChI is InChI=1S/C23H32FN5O2.HI/c1-16(31-21-8-6-5-7-20(21)24)11-27-23(25-4)28-13-19-9-10-22(26-12-19)29-14-17(2)30-18(3)15-29;/h5-10,12,16-18H,11,13-15H2,1-4H3,(H2,25,27,28);1H. The number of ether oxygens (including phenoxy) is 2. The van der Waals surface area contributed by atoms with Gasteiger partial charge in [0.2, 0.25) is 0 Å². The molecule has 0 amide bonds. The van der Waals surface area contributed by atoms with Crippen LogP contribution in [-0.2, 0) is 11.3 Å². The monoisotopic (exact) mass is 557 g/mol. The number of hydrogen-bond donors (Lipinski definition) is 2. The lowest BCUT2D eigenvalue weighted by Crippen LogP contribution is -2.45. The molecule has 1 aliphatic heterocycles. The van der Waals surface area contributed by atoms with Crippen LogP contribution in [0.25, 0.3) is 0 Å². The molecule has 0 saturated carbocycles. The molecule has 0 aliphatic carbocycles. The lowest BCUT2D eigenvalue weighted by molar-refractivity contribution is -0.00546. The Bertz CT molecular complexity index is 858. The van der Waals surface area contributed by atoms with Gasteiger partial charge in [0.05, 0.1) is 18.8 Å². The van der Waals surface area contributed by atoms with E-state index in [9.17, 15) is 4.39 Å². The molecule has 0 bridgehead atoms. The number of halogens is 2. The molecule has 1 aromatic heterocycles. The fourth-order valence-electron chi connectivity index (χ4n) is 3.52. The predicted molar refractivity (Wildman–Crippen MR) is 137 cm³/mol. The van der Waals surface area contributed by atoms with E-state index < -0.39 is 0 Å². The van der Waals surface area contributed by atoms with Crippen molar-refractivity contribution in [3.05, 3.63) is 54.0 Å². The van der Waals surface area contributed by atoms with Crippen LogP contribution in [0.1, 0.15) is 26.3 Å². The topological polar surface area (TPSA) is 71.0 Å². The van der Waals surface area contributed by atoms with Crippen molar-refractivity contribution in [2.24, 2.45) is 4.99 Å². The van der Waals surface area contributed by atoms with Crippen molar-refractivity contribution >= 4 is 35.8 Å². The number of nitrogens with one attached hydrogen (secondary N) is 2. The van der Waals surface area contributed by atoms with Gasteiger partial charge >= 0.3 is 0 Å². The minimum Gasteiger partial charge on any atom is -0.486 e. The van der Waals surface area contributed by atoms with Crippen molar-refractivity contribution in [2.45, 2.75) is 45.6 Å². The molecule has 3 atom stereocenters. The zero-order chi connectivity index (χ0) is 22.2. The number of para-hydroxylation sites is 1. The number of benzene rings is 1. The quantitative estimate of drug-likeness (QED) is 0.308. The summed E-state index contributed by atoms with van der Waals surface area (Å²) in [5.41, 5.74) is 1.05. The first-order valence-corrected chi connectivity index (χ1v) is 10.7. The smallest absolute Gasteiger partial charge is 0.191 e. The molecule has 32 heavy (non-hydrogen) atoms. The summed E-state index contributed by atoms with van der Waals surface area (Å²) in [7, 11) is 1.71. The average molecular weight is 557 g/mol. The van der Waals surface area contributed by atoms with Crippen molar-refractivity contribution in [1.82, 2.24) is 15.6 Å². The zero-order valence-electron chi connectivity index (χ0n) is 19.0. The van der Waals surface area contributed by atoms with Crippen molar-refractivity contribution in [1.29, 1.82) is 0 Å². The number of anilines is 1. The van der Waals surface area contributed by atoms with Crippen LogP contribution in [0, 0.1) is 5.82 Å². The minimum atomic E-state index is -0.367. The molecular formula is C23H33FIN5O2. The summed E-state index contributed by atoms with van der Waals surface area (Å²) in [5, 5.41) is 6.47. The number of hydrogen-bond acceptors (Lipinski definition) is 5. The highest BCUT2D eigenvalue weighted by Gasteiger charge is 2.23.